The highest BCUT2D eigenvalue weighted by atomic mass is 32.1. The first-order chi connectivity index (χ1) is 20.7. The van der Waals surface area contributed by atoms with Gasteiger partial charge in [0.15, 0.2) is 0 Å². The van der Waals surface area contributed by atoms with Crippen LogP contribution < -0.4 is 15.7 Å². The number of aryl methyl sites for hydroxylation is 1. The molecule has 0 amide bonds. The minimum absolute atomic E-state index is 0.380. The van der Waals surface area contributed by atoms with Gasteiger partial charge in [0.25, 0.3) is 0 Å². The lowest BCUT2D eigenvalue weighted by molar-refractivity contribution is 0.00578. The molecule has 2 fully saturated rings. The summed E-state index contributed by atoms with van der Waals surface area (Å²) in [6.45, 7) is 18.7. The van der Waals surface area contributed by atoms with Crippen molar-refractivity contribution in [3.8, 4) is 28.3 Å². The van der Waals surface area contributed by atoms with Gasteiger partial charge in [0, 0.05) is 16.0 Å². The second kappa shape index (κ2) is 10.1. The van der Waals surface area contributed by atoms with Crippen LogP contribution in [0.5, 0.6) is 5.75 Å². The fourth-order valence-electron chi connectivity index (χ4n) is 5.75. The normalized spacial score (nSPS) is 22.5. The van der Waals surface area contributed by atoms with Crippen molar-refractivity contribution in [1.29, 1.82) is 0 Å². The predicted molar refractivity (Wildman–Crippen MR) is 177 cm³/mol. The molecular weight excluding hydrogens is 570 g/mol. The Balaban J connectivity index is 1.24. The Kier molecular flexibility index (Phi) is 6.82. The van der Waals surface area contributed by atoms with Gasteiger partial charge in [-0.3, -0.25) is 0 Å². The standard InChI is InChI=1S/C34H40B2N2O5S/c1-10-24-16-18-29(44-24)30-38-27(25-17-15-23(19-28(25)39-30)36-42-33(6,7)34(8,9)43-36)20-26(37-38)21-11-13-22(14-12-21)35-40-31(2,3)32(4,5)41-35/h11-20,30H,10H2,1-9H3. The van der Waals surface area contributed by atoms with Crippen molar-refractivity contribution in [1.82, 2.24) is 9.78 Å². The van der Waals surface area contributed by atoms with E-state index in [2.05, 4.69) is 123 Å². The first kappa shape index (κ1) is 29.8. The molecule has 3 aliphatic heterocycles. The molecule has 2 aromatic heterocycles. The van der Waals surface area contributed by atoms with Crippen molar-refractivity contribution in [2.75, 3.05) is 0 Å². The molecule has 0 bridgehead atoms. The number of hydrogen-bond donors (Lipinski definition) is 0. The van der Waals surface area contributed by atoms with Crippen LogP contribution in [0.3, 0.4) is 0 Å². The van der Waals surface area contributed by atoms with Crippen LogP contribution in [-0.2, 0) is 25.0 Å². The molecule has 2 aromatic carbocycles. The molecule has 5 heterocycles. The van der Waals surface area contributed by atoms with Gasteiger partial charge in [-0.25, -0.2) is 4.68 Å². The molecule has 10 heteroatoms. The van der Waals surface area contributed by atoms with Crippen molar-refractivity contribution in [2.45, 2.75) is 97.4 Å². The minimum Gasteiger partial charge on any atom is -0.463 e. The van der Waals surface area contributed by atoms with E-state index in [-0.39, 0.29) is 17.4 Å². The van der Waals surface area contributed by atoms with E-state index in [1.165, 1.54) is 4.88 Å². The highest BCUT2D eigenvalue weighted by molar-refractivity contribution is 7.12. The average molecular weight is 610 g/mol. The lowest BCUT2D eigenvalue weighted by atomic mass is 9.78. The number of ether oxygens (including phenoxy) is 1. The summed E-state index contributed by atoms with van der Waals surface area (Å²) in [5.41, 5.74) is 4.20. The zero-order valence-corrected chi connectivity index (χ0v) is 27.9. The van der Waals surface area contributed by atoms with E-state index >= 15 is 0 Å². The van der Waals surface area contributed by atoms with Gasteiger partial charge in [-0.05, 0) is 103 Å². The van der Waals surface area contributed by atoms with E-state index < -0.39 is 25.4 Å². The molecule has 44 heavy (non-hydrogen) atoms. The highest BCUT2D eigenvalue weighted by Crippen LogP contribution is 2.44. The number of nitrogens with zero attached hydrogens (tertiary/aromatic N) is 2. The maximum atomic E-state index is 6.75. The number of benzene rings is 2. The Labute approximate surface area is 265 Å². The van der Waals surface area contributed by atoms with Crippen LogP contribution in [-0.4, -0.2) is 46.4 Å². The van der Waals surface area contributed by atoms with E-state index in [1.54, 1.807) is 11.3 Å². The van der Waals surface area contributed by atoms with E-state index in [0.717, 1.165) is 50.5 Å². The Morgan fingerprint density at radius 1 is 0.727 bits per heavy atom. The summed E-state index contributed by atoms with van der Waals surface area (Å²) in [4.78, 5) is 2.42. The molecule has 2 saturated heterocycles. The first-order valence-electron chi connectivity index (χ1n) is 15.5. The van der Waals surface area contributed by atoms with Crippen molar-refractivity contribution < 1.29 is 23.4 Å². The van der Waals surface area contributed by atoms with E-state index in [1.807, 2.05) is 4.68 Å². The fourth-order valence-corrected chi connectivity index (χ4v) is 6.71. The Morgan fingerprint density at radius 2 is 1.30 bits per heavy atom. The topological polar surface area (TPSA) is 64.0 Å². The van der Waals surface area contributed by atoms with Crippen molar-refractivity contribution in [3.05, 3.63) is 70.4 Å². The summed E-state index contributed by atoms with van der Waals surface area (Å²) in [6.07, 6.45) is 0.598. The number of fused-ring (bicyclic) bond motifs is 3. The van der Waals surface area contributed by atoms with Gasteiger partial charge in [0.05, 0.1) is 38.7 Å². The number of thiophene rings is 1. The summed E-state index contributed by atoms with van der Waals surface area (Å²) in [7, 11) is -0.871. The van der Waals surface area contributed by atoms with Crippen molar-refractivity contribution in [2.24, 2.45) is 0 Å². The Morgan fingerprint density at radius 3 is 1.86 bits per heavy atom. The Hall–Kier alpha value is -2.88. The van der Waals surface area contributed by atoms with Gasteiger partial charge < -0.3 is 23.4 Å². The lowest BCUT2D eigenvalue weighted by Gasteiger charge is -2.32. The molecule has 0 N–H and O–H groups in total. The number of rotatable bonds is 5. The molecule has 228 valence electrons. The molecular formula is C34H40B2N2O5S. The summed E-state index contributed by atoms with van der Waals surface area (Å²) in [6, 6.07) is 21.0. The molecule has 0 aliphatic carbocycles. The monoisotopic (exact) mass is 610 g/mol. The minimum atomic E-state index is -0.467. The second-order valence-corrected chi connectivity index (χ2v) is 15.2. The van der Waals surface area contributed by atoms with Crippen LogP contribution in [0.25, 0.3) is 22.5 Å². The van der Waals surface area contributed by atoms with Crippen molar-refractivity contribution >= 4 is 36.5 Å². The van der Waals surface area contributed by atoms with E-state index in [4.69, 9.17) is 28.5 Å². The molecule has 4 aromatic rings. The third-order valence-electron chi connectivity index (χ3n) is 10.0. The van der Waals surface area contributed by atoms with E-state index in [9.17, 15) is 0 Å². The van der Waals surface area contributed by atoms with Gasteiger partial charge in [0.2, 0.25) is 6.23 Å². The van der Waals surface area contributed by atoms with Gasteiger partial charge in [0.1, 0.15) is 5.75 Å². The zero-order valence-electron chi connectivity index (χ0n) is 27.1. The molecule has 0 spiro atoms. The van der Waals surface area contributed by atoms with E-state index in [0.29, 0.717) is 0 Å². The van der Waals surface area contributed by atoms with Gasteiger partial charge in [-0.1, -0.05) is 37.3 Å². The number of aromatic nitrogens is 2. The smallest absolute Gasteiger partial charge is 0.463 e. The van der Waals surface area contributed by atoms with Gasteiger partial charge in [-0.2, -0.15) is 5.10 Å². The fraction of sp³-hybridized carbons (Fsp3) is 0.441. The van der Waals surface area contributed by atoms with Crippen LogP contribution in [0.1, 0.15) is 78.3 Å². The third-order valence-corrected chi connectivity index (χ3v) is 11.3. The summed E-state index contributed by atoms with van der Waals surface area (Å²) >= 11 is 1.76. The molecule has 1 unspecified atom stereocenters. The highest BCUT2D eigenvalue weighted by Gasteiger charge is 2.53. The van der Waals surface area contributed by atoms with Gasteiger partial charge in [-0.15, -0.1) is 11.3 Å². The van der Waals surface area contributed by atoms with Crippen LogP contribution >= 0.6 is 11.3 Å². The lowest BCUT2D eigenvalue weighted by Crippen LogP contribution is -2.41. The summed E-state index contributed by atoms with van der Waals surface area (Å²) in [5.74, 6) is 0.795. The maximum absolute atomic E-state index is 6.75. The quantitative estimate of drug-likeness (QED) is 0.245. The van der Waals surface area contributed by atoms with Crippen LogP contribution in [0.2, 0.25) is 0 Å². The molecule has 3 aliphatic rings. The van der Waals surface area contributed by atoms with Crippen LogP contribution in [0, 0.1) is 0 Å². The summed E-state index contributed by atoms with van der Waals surface area (Å²) < 4.78 is 34.0. The average Bonchev–Trinajstić information content (AvgIpc) is 3.71. The van der Waals surface area contributed by atoms with Crippen LogP contribution in [0.4, 0.5) is 0 Å². The van der Waals surface area contributed by atoms with Gasteiger partial charge >= 0.3 is 14.2 Å². The SMILES string of the molecule is CCc1ccc(C2Oc3cc(B4OC(C)(C)C(C)(C)O4)ccc3-c3cc(-c4ccc(B5OC(C)(C)C(C)(C)O5)cc4)nn32)s1. The third kappa shape index (κ3) is 4.77. The number of hydrogen-bond acceptors (Lipinski definition) is 7. The molecule has 0 saturated carbocycles. The first-order valence-corrected chi connectivity index (χ1v) is 16.3. The second-order valence-electron chi connectivity index (χ2n) is 14.0. The maximum Gasteiger partial charge on any atom is 0.494 e. The van der Waals surface area contributed by atoms with Crippen LogP contribution in [0.15, 0.2) is 60.7 Å². The zero-order chi connectivity index (χ0) is 31.2. The Bertz CT molecular complexity index is 1690. The molecule has 0 radical (unpaired) electrons. The predicted octanol–water partition coefficient (Wildman–Crippen LogP) is 6.38. The summed E-state index contributed by atoms with van der Waals surface area (Å²) in [5, 5.41) is 5.11. The molecule has 7 rings (SSSR count). The largest absolute Gasteiger partial charge is 0.494 e. The molecule has 7 nitrogen and oxygen atoms in total. The van der Waals surface area contributed by atoms with Crippen molar-refractivity contribution in [3.63, 3.8) is 0 Å². The molecule has 1 atom stereocenters.